The summed E-state index contributed by atoms with van der Waals surface area (Å²) in [5, 5.41) is 6.78. The molecule has 0 bridgehead atoms. The molecular weight excluding hydrogens is 226 g/mol. The SMILES string of the molecule is c1csc(C(NC2CC2)c2cncs2)n1. The molecule has 1 aliphatic carbocycles. The maximum absolute atomic E-state index is 4.39. The zero-order valence-electron chi connectivity index (χ0n) is 8.09. The van der Waals surface area contributed by atoms with Gasteiger partial charge in [-0.15, -0.1) is 22.7 Å². The van der Waals surface area contributed by atoms with Crippen LogP contribution in [0.5, 0.6) is 0 Å². The van der Waals surface area contributed by atoms with Crippen LogP contribution in [-0.4, -0.2) is 16.0 Å². The molecular formula is C10H11N3S2. The van der Waals surface area contributed by atoms with Crippen LogP contribution >= 0.6 is 22.7 Å². The minimum atomic E-state index is 0.255. The monoisotopic (exact) mass is 237 g/mol. The molecule has 1 aliphatic rings. The first kappa shape index (κ1) is 9.45. The molecule has 1 saturated carbocycles. The Morgan fingerprint density at radius 2 is 2.33 bits per heavy atom. The Bertz CT molecular complexity index is 372. The lowest BCUT2D eigenvalue weighted by molar-refractivity contribution is 0.605. The van der Waals surface area contributed by atoms with Crippen molar-refractivity contribution in [2.75, 3.05) is 0 Å². The van der Waals surface area contributed by atoms with Gasteiger partial charge in [0.1, 0.15) is 5.01 Å². The number of hydrogen-bond donors (Lipinski definition) is 1. The van der Waals surface area contributed by atoms with Gasteiger partial charge in [-0.2, -0.15) is 0 Å². The van der Waals surface area contributed by atoms with Crippen molar-refractivity contribution in [2.45, 2.75) is 24.9 Å². The van der Waals surface area contributed by atoms with Crippen molar-refractivity contribution in [3.8, 4) is 0 Å². The van der Waals surface area contributed by atoms with Crippen LogP contribution < -0.4 is 5.32 Å². The van der Waals surface area contributed by atoms with Gasteiger partial charge >= 0.3 is 0 Å². The van der Waals surface area contributed by atoms with Gasteiger partial charge in [0.2, 0.25) is 0 Å². The summed E-state index contributed by atoms with van der Waals surface area (Å²) < 4.78 is 0. The van der Waals surface area contributed by atoms with Gasteiger partial charge in [0, 0.05) is 28.7 Å². The Kier molecular flexibility index (Phi) is 2.52. The molecule has 0 aromatic carbocycles. The zero-order chi connectivity index (χ0) is 10.1. The molecule has 0 aliphatic heterocycles. The summed E-state index contributed by atoms with van der Waals surface area (Å²) in [4.78, 5) is 9.79. The van der Waals surface area contributed by atoms with Crippen molar-refractivity contribution in [1.29, 1.82) is 0 Å². The molecule has 0 spiro atoms. The summed E-state index contributed by atoms with van der Waals surface area (Å²) in [5.74, 6) is 0. The van der Waals surface area contributed by atoms with E-state index in [1.807, 2.05) is 23.3 Å². The number of thiazole rings is 2. The third-order valence-corrected chi connectivity index (χ3v) is 4.09. The van der Waals surface area contributed by atoms with Gasteiger partial charge < -0.3 is 5.32 Å². The Morgan fingerprint density at radius 3 is 2.93 bits per heavy atom. The molecule has 15 heavy (non-hydrogen) atoms. The summed E-state index contributed by atoms with van der Waals surface area (Å²) in [6.07, 6.45) is 6.39. The molecule has 1 atom stereocenters. The lowest BCUT2D eigenvalue weighted by Crippen LogP contribution is -2.23. The zero-order valence-corrected chi connectivity index (χ0v) is 9.72. The second-order valence-corrected chi connectivity index (χ2v) is 5.49. The molecule has 0 amide bonds. The van der Waals surface area contributed by atoms with E-state index in [9.17, 15) is 0 Å². The molecule has 1 fully saturated rings. The van der Waals surface area contributed by atoms with Crippen molar-refractivity contribution < 1.29 is 0 Å². The Hall–Kier alpha value is -0.780. The molecule has 1 N–H and O–H groups in total. The standard InChI is InChI=1S/C10H11N3S2/c1-2-7(1)13-9(8-5-11-6-15-8)10-12-3-4-14-10/h3-7,9,13H,1-2H2. The fourth-order valence-electron chi connectivity index (χ4n) is 1.51. The fourth-order valence-corrected chi connectivity index (χ4v) is 2.98. The van der Waals surface area contributed by atoms with Crippen LogP contribution in [0.4, 0.5) is 0 Å². The molecule has 5 heteroatoms. The quantitative estimate of drug-likeness (QED) is 0.887. The molecule has 3 nitrogen and oxygen atoms in total. The van der Waals surface area contributed by atoms with Gasteiger partial charge in [0.05, 0.1) is 11.6 Å². The maximum Gasteiger partial charge on any atom is 0.115 e. The average Bonchev–Trinajstić information content (AvgIpc) is 2.77. The first-order valence-electron chi connectivity index (χ1n) is 4.97. The van der Waals surface area contributed by atoms with E-state index in [0.717, 1.165) is 5.01 Å². The third-order valence-electron chi connectivity index (χ3n) is 2.41. The fraction of sp³-hybridized carbons (Fsp3) is 0.400. The Labute approximate surface area is 96.2 Å². The number of nitrogens with one attached hydrogen (secondary N) is 1. The number of nitrogens with zero attached hydrogens (tertiary/aromatic N) is 2. The molecule has 2 aromatic heterocycles. The van der Waals surface area contributed by atoms with E-state index < -0.39 is 0 Å². The van der Waals surface area contributed by atoms with Gasteiger partial charge in [-0.25, -0.2) is 4.98 Å². The van der Waals surface area contributed by atoms with Crippen LogP contribution in [-0.2, 0) is 0 Å². The van der Waals surface area contributed by atoms with Gasteiger partial charge in [-0.05, 0) is 12.8 Å². The molecule has 3 rings (SSSR count). The molecule has 0 radical (unpaired) electrons. The number of hydrogen-bond acceptors (Lipinski definition) is 5. The highest BCUT2D eigenvalue weighted by Gasteiger charge is 2.28. The van der Waals surface area contributed by atoms with Crippen molar-refractivity contribution in [3.63, 3.8) is 0 Å². The summed E-state index contributed by atoms with van der Waals surface area (Å²) >= 11 is 3.40. The molecule has 78 valence electrons. The van der Waals surface area contributed by atoms with Crippen LogP contribution in [0.3, 0.4) is 0 Å². The molecule has 2 aromatic rings. The smallest absolute Gasteiger partial charge is 0.115 e. The topological polar surface area (TPSA) is 37.8 Å². The normalized spacial score (nSPS) is 17.9. The minimum absolute atomic E-state index is 0.255. The van der Waals surface area contributed by atoms with E-state index in [0.29, 0.717) is 6.04 Å². The Balaban J connectivity index is 1.87. The lowest BCUT2D eigenvalue weighted by atomic mass is 10.2. The minimum Gasteiger partial charge on any atom is -0.301 e. The van der Waals surface area contributed by atoms with Crippen molar-refractivity contribution in [3.05, 3.63) is 33.2 Å². The number of rotatable bonds is 4. The lowest BCUT2D eigenvalue weighted by Gasteiger charge is -2.13. The predicted octanol–water partition coefficient (Wildman–Crippen LogP) is 2.44. The van der Waals surface area contributed by atoms with Gasteiger partial charge in [-0.3, -0.25) is 4.98 Å². The summed E-state index contributed by atoms with van der Waals surface area (Å²) in [7, 11) is 0. The van der Waals surface area contributed by atoms with Gasteiger partial charge in [0.25, 0.3) is 0 Å². The van der Waals surface area contributed by atoms with E-state index in [1.54, 1.807) is 22.7 Å². The van der Waals surface area contributed by atoms with Crippen LogP contribution in [0, 0.1) is 0 Å². The van der Waals surface area contributed by atoms with Crippen LogP contribution in [0.25, 0.3) is 0 Å². The third kappa shape index (κ3) is 2.09. The van der Waals surface area contributed by atoms with Crippen LogP contribution in [0.1, 0.15) is 28.8 Å². The van der Waals surface area contributed by atoms with E-state index in [2.05, 4.69) is 15.3 Å². The van der Waals surface area contributed by atoms with Crippen molar-refractivity contribution in [2.24, 2.45) is 0 Å². The summed E-state index contributed by atoms with van der Waals surface area (Å²) in [6.45, 7) is 0. The van der Waals surface area contributed by atoms with E-state index >= 15 is 0 Å². The first-order valence-corrected chi connectivity index (χ1v) is 6.73. The Morgan fingerprint density at radius 1 is 1.40 bits per heavy atom. The largest absolute Gasteiger partial charge is 0.301 e. The van der Waals surface area contributed by atoms with Gasteiger partial charge in [-0.1, -0.05) is 0 Å². The number of aromatic nitrogens is 2. The highest BCUT2D eigenvalue weighted by Crippen LogP contribution is 2.31. The van der Waals surface area contributed by atoms with Crippen LogP contribution in [0.15, 0.2) is 23.3 Å². The van der Waals surface area contributed by atoms with E-state index in [-0.39, 0.29) is 6.04 Å². The molecule has 0 saturated heterocycles. The second-order valence-electron chi connectivity index (χ2n) is 3.65. The highest BCUT2D eigenvalue weighted by molar-refractivity contribution is 7.11. The first-order chi connectivity index (χ1) is 7.43. The predicted molar refractivity (Wildman–Crippen MR) is 62.2 cm³/mol. The van der Waals surface area contributed by atoms with Crippen molar-refractivity contribution in [1.82, 2.24) is 15.3 Å². The average molecular weight is 237 g/mol. The second kappa shape index (κ2) is 4.00. The van der Waals surface area contributed by atoms with E-state index in [1.165, 1.54) is 17.7 Å². The summed E-state index contributed by atoms with van der Waals surface area (Å²) in [5.41, 5.74) is 1.88. The molecule has 2 heterocycles. The van der Waals surface area contributed by atoms with Gasteiger partial charge in [0.15, 0.2) is 0 Å². The highest BCUT2D eigenvalue weighted by atomic mass is 32.1. The maximum atomic E-state index is 4.39. The van der Waals surface area contributed by atoms with Crippen molar-refractivity contribution >= 4 is 22.7 Å². The van der Waals surface area contributed by atoms with E-state index in [4.69, 9.17) is 0 Å². The molecule has 1 unspecified atom stereocenters. The van der Waals surface area contributed by atoms with Crippen LogP contribution in [0.2, 0.25) is 0 Å². The summed E-state index contributed by atoms with van der Waals surface area (Å²) in [6, 6.07) is 0.936.